The van der Waals surface area contributed by atoms with Gasteiger partial charge >= 0.3 is 0 Å². The Morgan fingerprint density at radius 2 is 1.83 bits per heavy atom. The molecule has 1 aliphatic heterocycles. The van der Waals surface area contributed by atoms with Crippen molar-refractivity contribution in [3.63, 3.8) is 0 Å². The third kappa shape index (κ3) is 5.09. The second-order valence-electron chi connectivity index (χ2n) is 6.46. The quantitative estimate of drug-likeness (QED) is 0.546. The second-order valence-corrected chi connectivity index (χ2v) is 7.84. The number of alkyl halides is 1. The number of benzene rings is 1. The Morgan fingerprint density at radius 1 is 1.17 bits per heavy atom. The predicted octanol–water partition coefficient (Wildman–Crippen LogP) is 3.08. The van der Waals surface area contributed by atoms with E-state index < -0.39 is 11.8 Å². The van der Waals surface area contributed by atoms with Gasteiger partial charge in [-0.2, -0.15) is 5.10 Å². The third-order valence-corrected chi connectivity index (χ3v) is 5.70. The molecule has 8 nitrogen and oxygen atoms in total. The molecule has 3 N–H and O–H groups in total. The Kier molecular flexibility index (Phi) is 7.15. The lowest BCUT2D eigenvalue weighted by molar-refractivity contribution is -0.129. The van der Waals surface area contributed by atoms with Crippen molar-refractivity contribution in [2.75, 3.05) is 23.7 Å². The van der Waals surface area contributed by atoms with Crippen LogP contribution in [0.5, 0.6) is 0 Å². The van der Waals surface area contributed by atoms with Crippen LogP contribution < -0.4 is 10.6 Å². The zero-order valence-electron chi connectivity index (χ0n) is 15.2. The SMILES string of the molecule is O=C(NC1CCN(C(=O)CBr)CC1)c1n[nH]cc1NC(=O)c1c(Cl)cccc1Cl. The van der Waals surface area contributed by atoms with E-state index in [-0.39, 0.29) is 44.3 Å². The molecule has 2 aromatic rings. The Labute approximate surface area is 185 Å². The number of carbonyl (C=O) groups is 3. The van der Waals surface area contributed by atoms with Gasteiger partial charge in [-0.05, 0) is 25.0 Å². The molecule has 1 fully saturated rings. The minimum absolute atomic E-state index is 0.0327. The molecule has 1 saturated heterocycles. The van der Waals surface area contributed by atoms with Crippen molar-refractivity contribution in [1.82, 2.24) is 20.4 Å². The molecule has 0 aliphatic carbocycles. The Hall–Kier alpha value is -2.10. The van der Waals surface area contributed by atoms with E-state index in [9.17, 15) is 14.4 Å². The molecule has 2 heterocycles. The molecular weight excluding hydrogens is 485 g/mol. The maximum Gasteiger partial charge on any atom is 0.274 e. The van der Waals surface area contributed by atoms with Gasteiger partial charge < -0.3 is 15.5 Å². The summed E-state index contributed by atoms with van der Waals surface area (Å²) in [7, 11) is 0. The van der Waals surface area contributed by atoms with Gasteiger partial charge in [0.05, 0.1) is 26.6 Å². The van der Waals surface area contributed by atoms with Gasteiger partial charge in [0, 0.05) is 25.3 Å². The van der Waals surface area contributed by atoms with Gasteiger partial charge in [-0.1, -0.05) is 45.2 Å². The minimum atomic E-state index is -0.544. The van der Waals surface area contributed by atoms with Crippen molar-refractivity contribution >= 4 is 62.5 Å². The highest BCUT2D eigenvalue weighted by atomic mass is 79.9. The largest absolute Gasteiger partial charge is 0.348 e. The molecule has 0 bridgehead atoms. The maximum atomic E-state index is 12.6. The first-order chi connectivity index (χ1) is 13.9. The summed E-state index contributed by atoms with van der Waals surface area (Å²) in [6, 6.07) is 4.66. The van der Waals surface area contributed by atoms with Crippen molar-refractivity contribution in [2.45, 2.75) is 18.9 Å². The van der Waals surface area contributed by atoms with Gasteiger partial charge in [0.15, 0.2) is 5.69 Å². The number of hydrogen-bond donors (Lipinski definition) is 3. The number of nitrogens with zero attached hydrogens (tertiary/aromatic N) is 2. The first-order valence-corrected chi connectivity index (χ1v) is 10.7. The molecule has 0 atom stereocenters. The monoisotopic (exact) mass is 501 g/mol. The van der Waals surface area contributed by atoms with Crippen molar-refractivity contribution in [2.24, 2.45) is 0 Å². The second kappa shape index (κ2) is 9.60. The molecule has 0 unspecified atom stereocenters. The number of likely N-dealkylation sites (tertiary alicyclic amines) is 1. The minimum Gasteiger partial charge on any atom is -0.348 e. The normalized spacial score (nSPS) is 14.5. The molecule has 3 rings (SSSR count). The number of rotatable bonds is 5. The smallest absolute Gasteiger partial charge is 0.274 e. The lowest BCUT2D eigenvalue weighted by atomic mass is 10.0. The summed E-state index contributed by atoms with van der Waals surface area (Å²) in [5, 5.41) is 12.7. The fourth-order valence-electron chi connectivity index (χ4n) is 3.07. The number of aromatic amines is 1. The summed E-state index contributed by atoms with van der Waals surface area (Å²) in [6.45, 7) is 1.15. The number of nitrogens with one attached hydrogen (secondary N) is 3. The number of amides is 3. The van der Waals surface area contributed by atoms with E-state index in [1.165, 1.54) is 6.20 Å². The van der Waals surface area contributed by atoms with Crippen LogP contribution in [0.1, 0.15) is 33.7 Å². The molecular formula is C18H18BrCl2N5O3. The van der Waals surface area contributed by atoms with E-state index in [1.807, 2.05) is 0 Å². The van der Waals surface area contributed by atoms with Crippen molar-refractivity contribution in [3.05, 3.63) is 45.7 Å². The highest BCUT2D eigenvalue weighted by Gasteiger charge is 2.26. The molecule has 3 amide bonds. The molecule has 154 valence electrons. The van der Waals surface area contributed by atoms with Crippen LogP contribution >= 0.6 is 39.1 Å². The highest BCUT2D eigenvalue weighted by Crippen LogP contribution is 2.25. The zero-order chi connectivity index (χ0) is 21.0. The first-order valence-electron chi connectivity index (χ1n) is 8.84. The predicted molar refractivity (Wildman–Crippen MR) is 114 cm³/mol. The Balaban J connectivity index is 1.63. The number of H-pyrrole nitrogens is 1. The molecule has 0 spiro atoms. The van der Waals surface area contributed by atoms with E-state index in [0.717, 1.165) is 0 Å². The number of aromatic nitrogens is 2. The van der Waals surface area contributed by atoms with Crippen LogP contribution in [0, 0.1) is 0 Å². The van der Waals surface area contributed by atoms with Crippen LogP contribution in [0.15, 0.2) is 24.4 Å². The third-order valence-electron chi connectivity index (χ3n) is 4.59. The zero-order valence-corrected chi connectivity index (χ0v) is 18.3. The summed E-state index contributed by atoms with van der Waals surface area (Å²) < 4.78 is 0. The topological polar surface area (TPSA) is 107 Å². The van der Waals surface area contributed by atoms with Crippen LogP contribution in [0.25, 0.3) is 0 Å². The number of anilines is 1. The lowest BCUT2D eigenvalue weighted by Gasteiger charge is -2.32. The van der Waals surface area contributed by atoms with Crippen molar-refractivity contribution in [3.8, 4) is 0 Å². The lowest BCUT2D eigenvalue weighted by Crippen LogP contribution is -2.47. The van der Waals surface area contributed by atoms with Gasteiger partial charge in [0.1, 0.15) is 0 Å². The maximum absolute atomic E-state index is 12.6. The summed E-state index contributed by atoms with van der Waals surface area (Å²) in [6.07, 6.45) is 2.70. The number of hydrogen-bond acceptors (Lipinski definition) is 4. The average Bonchev–Trinajstić information content (AvgIpc) is 3.16. The van der Waals surface area contributed by atoms with E-state index in [1.54, 1.807) is 23.1 Å². The molecule has 0 saturated carbocycles. The van der Waals surface area contributed by atoms with Crippen LogP contribution in [-0.2, 0) is 4.79 Å². The summed E-state index contributed by atoms with van der Waals surface area (Å²) in [5.74, 6) is -0.931. The molecule has 11 heteroatoms. The fourth-order valence-corrected chi connectivity index (χ4v) is 3.99. The summed E-state index contributed by atoms with van der Waals surface area (Å²) in [4.78, 5) is 38.7. The number of carbonyl (C=O) groups excluding carboxylic acids is 3. The fraction of sp³-hybridized carbons (Fsp3) is 0.333. The summed E-state index contributed by atoms with van der Waals surface area (Å²) in [5.41, 5.74) is 0.392. The van der Waals surface area contributed by atoms with E-state index >= 15 is 0 Å². The molecule has 1 aromatic heterocycles. The average molecular weight is 503 g/mol. The van der Waals surface area contributed by atoms with Crippen LogP contribution in [0.2, 0.25) is 10.0 Å². The molecule has 1 aromatic carbocycles. The molecule has 0 radical (unpaired) electrons. The van der Waals surface area contributed by atoms with Gasteiger partial charge in [0.2, 0.25) is 5.91 Å². The van der Waals surface area contributed by atoms with Crippen molar-refractivity contribution in [1.29, 1.82) is 0 Å². The van der Waals surface area contributed by atoms with Crippen LogP contribution in [0.3, 0.4) is 0 Å². The standard InChI is InChI=1S/C18H18BrCl2N5O3/c19-8-14(27)26-6-4-10(5-7-26)23-18(29)16-13(9-22-25-16)24-17(28)15-11(20)2-1-3-12(15)21/h1-3,9-10H,4-8H2,(H,22,25)(H,23,29)(H,24,28). The van der Waals surface area contributed by atoms with Gasteiger partial charge in [-0.15, -0.1) is 0 Å². The van der Waals surface area contributed by atoms with E-state index in [0.29, 0.717) is 25.9 Å². The highest BCUT2D eigenvalue weighted by molar-refractivity contribution is 9.09. The van der Waals surface area contributed by atoms with Gasteiger partial charge in [-0.25, -0.2) is 0 Å². The van der Waals surface area contributed by atoms with Crippen LogP contribution in [-0.4, -0.2) is 57.3 Å². The molecule has 1 aliphatic rings. The Morgan fingerprint density at radius 3 is 2.45 bits per heavy atom. The van der Waals surface area contributed by atoms with Crippen molar-refractivity contribution < 1.29 is 14.4 Å². The first kappa shape index (κ1) is 21.6. The number of piperidine rings is 1. The van der Waals surface area contributed by atoms with Crippen LogP contribution in [0.4, 0.5) is 5.69 Å². The van der Waals surface area contributed by atoms with Gasteiger partial charge in [0.25, 0.3) is 11.8 Å². The summed E-state index contributed by atoms with van der Waals surface area (Å²) >= 11 is 15.3. The van der Waals surface area contributed by atoms with E-state index in [4.69, 9.17) is 23.2 Å². The Bertz CT molecular complexity index is 908. The van der Waals surface area contributed by atoms with E-state index in [2.05, 4.69) is 36.8 Å². The van der Waals surface area contributed by atoms with Gasteiger partial charge in [-0.3, -0.25) is 19.5 Å². The number of halogens is 3. The molecule has 29 heavy (non-hydrogen) atoms.